The van der Waals surface area contributed by atoms with E-state index in [2.05, 4.69) is 0 Å². The molecule has 0 aliphatic rings. The number of ketones is 1. The molecule has 0 spiro atoms. The summed E-state index contributed by atoms with van der Waals surface area (Å²) in [5, 5.41) is 0. The van der Waals surface area contributed by atoms with Crippen molar-refractivity contribution in [2.75, 3.05) is 11.9 Å². The Morgan fingerprint density at radius 1 is 0.950 bits per heavy atom. The first-order chi connectivity index (χ1) is 9.51. The van der Waals surface area contributed by atoms with Gasteiger partial charge in [-0.2, -0.15) is 0 Å². The molecule has 0 aromatic heterocycles. The Kier molecular flexibility index (Phi) is 3.99. The lowest BCUT2D eigenvalue weighted by Gasteiger charge is -2.11. The predicted octanol–water partition coefficient (Wildman–Crippen LogP) is 3.13. The summed E-state index contributed by atoms with van der Waals surface area (Å²) in [6.07, 6.45) is 0.737. The van der Waals surface area contributed by atoms with Crippen molar-refractivity contribution in [3.63, 3.8) is 0 Å². The number of benzene rings is 2. The molecule has 20 heavy (non-hydrogen) atoms. The Hall–Kier alpha value is -2.42. The lowest BCUT2D eigenvalue weighted by Crippen LogP contribution is -2.13. The van der Waals surface area contributed by atoms with Gasteiger partial charge in [-0.25, -0.2) is 0 Å². The van der Waals surface area contributed by atoms with Crippen LogP contribution in [0, 0.1) is 13.8 Å². The van der Waals surface area contributed by atoms with E-state index < -0.39 is 0 Å². The van der Waals surface area contributed by atoms with Gasteiger partial charge in [-0.1, -0.05) is 17.2 Å². The summed E-state index contributed by atoms with van der Waals surface area (Å²) in [4.78, 5) is 24.6. The van der Waals surface area contributed by atoms with E-state index in [1.807, 2.05) is 32.0 Å². The van der Waals surface area contributed by atoms with Crippen LogP contribution in [-0.2, 0) is 4.79 Å². The molecule has 2 rings (SSSR count). The SMILES string of the molecule is Cc1cc(C)cc(C(=O)c2ccc(N(C)C=O)cc2)c1. The van der Waals surface area contributed by atoms with Crippen LogP contribution in [0.5, 0.6) is 0 Å². The van der Waals surface area contributed by atoms with Crippen LogP contribution in [0.2, 0.25) is 0 Å². The lowest BCUT2D eigenvalue weighted by molar-refractivity contribution is -0.107. The van der Waals surface area contributed by atoms with Crippen molar-refractivity contribution in [1.82, 2.24) is 0 Å². The van der Waals surface area contributed by atoms with Gasteiger partial charge in [0.2, 0.25) is 6.41 Å². The van der Waals surface area contributed by atoms with E-state index in [4.69, 9.17) is 0 Å². The number of anilines is 1. The standard InChI is InChI=1S/C17H17NO2/c1-12-8-13(2)10-15(9-12)17(20)14-4-6-16(7-5-14)18(3)11-19/h4-11H,1-3H3. The normalized spacial score (nSPS) is 10.2. The maximum atomic E-state index is 12.4. The van der Waals surface area contributed by atoms with E-state index in [0.717, 1.165) is 23.2 Å². The van der Waals surface area contributed by atoms with Gasteiger partial charge in [0.05, 0.1) is 0 Å². The van der Waals surface area contributed by atoms with Crippen LogP contribution in [0.25, 0.3) is 0 Å². The summed E-state index contributed by atoms with van der Waals surface area (Å²) in [6, 6.07) is 12.8. The predicted molar refractivity (Wildman–Crippen MR) is 80.3 cm³/mol. The number of rotatable bonds is 4. The van der Waals surface area contributed by atoms with Gasteiger partial charge in [-0.05, 0) is 50.2 Å². The molecule has 2 aromatic rings. The molecule has 0 unspecified atom stereocenters. The molecule has 0 heterocycles. The highest BCUT2D eigenvalue weighted by Crippen LogP contribution is 2.17. The van der Waals surface area contributed by atoms with Crippen LogP contribution < -0.4 is 4.90 Å². The zero-order chi connectivity index (χ0) is 14.7. The largest absolute Gasteiger partial charge is 0.318 e. The van der Waals surface area contributed by atoms with Gasteiger partial charge < -0.3 is 4.90 Å². The quantitative estimate of drug-likeness (QED) is 0.630. The molecule has 3 nitrogen and oxygen atoms in total. The van der Waals surface area contributed by atoms with Gasteiger partial charge >= 0.3 is 0 Å². The van der Waals surface area contributed by atoms with Crippen molar-refractivity contribution < 1.29 is 9.59 Å². The zero-order valence-corrected chi connectivity index (χ0v) is 11.9. The summed E-state index contributed by atoms with van der Waals surface area (Å²) >= 11 is 0. The molecule has 0 fully saturated rings. The van der Waals surface area contributed by atoms with Crippen molar-refractivity contribution in [3.05, 3.63) is 64.7 Å². The molecule has 0 saturated heterocycles. The molecular weight excluding hydrogens is 250 g/mol. The number of carbonyl (C=O) groups is 2. The second-order valence-corrected chi connectivity index (χ2v) is 4.97. The maximum absolute atomic E-state index is 12.4. The number of hydrogen-bond donors (Lipinski definition) is 0. The molecule has 0 N–H and O–H groups in total. The van der Waals surface area contributed by atoms with E-state index in [9.17, 15) is 9.59 Å². The molecule has 0 bridgehead atoms. The number of aryl methyl sites for hydroxylation is 2. The second kappa shape index (κ2) is 5.70. The smallest absolute Gasteiger partial charge is 0.213 e. The second-order valence-electron chi connectivity index (χ2n) is 4.97. The van der Waals surface area contributed by atoms with Gasteiger partial charge in [0.1, 0.15) is 0 Å². The minimum Gasteiger partial charge on any atom is -0.318 e. The first kappa shape index (κ1) is 14.0. The molecule has 1 amide bonds. The third-order valence-electron chi connectivity index (χ3n) is 3.18. The maximum Gasteiger partial charge on any atom is 0.213 e. The highest BCUT2D eigenvalue weighted by Gasteiger charge is 2.10. The van der Waals surface area contributed by atoms with Crippen LogP contribution in [-0.4, -0.2) is 19.2 Å². The number of nitrogens with zero attached hydrogens (tertiary/aromatic N) is 1. The molecular formula is C17H17NO2. The summed E-state index contributed by atoms with van der Waals surface area (Å²) in [6.45, 7) is 3.96. The molecule has 0 saturated carbocycles. The lowest BCUT2D eigenvalue weighted by atomic mass is 9.99. The van der Waals surface area contributed by atoms with Gasteiger partial charge in [0.15, 0.2) is 5.78 Å². The monoisotopic (exact) mass is 267 g/mol. The summed E-state index contributed by atoms with van der Waals surface area (Å²) in [7, 11) is 1.67. The van der Waals surface area contributed by atoms with E-state index in [0.29, 0.717) is 11.1 Å². The Morgan fingerprint density at radius 2 is 1.50 bits per heavy atom. The van der Waals surface area contributed by atoms with Crippen molar-refractivity contribution in [3.8, 4) is 0 Å². The Labute approximate surface area is 118 Å². The number of hydrogen-bond acceptors (Lipinski definition) is 2. The third kappa shape index (κ3) is 2.94. The topological polar surface area (TPSA) is 37.4 Å². The molecule has 0 aliphatic carbocycles. The Morgan fingerprint density at radius 3 is 2.00 bits per heavy atom. The van der Waals surface area contributed by atoms with Crippen LogP contribution in [0.4, 0.5) is 5.69 Å². The minimum atomic E-state index is -0.00268. The average molecular weight is 267 g/mol. The zero-order valence-electron chi connectivity index (χ0n) is 11.9. The molecule has 2 aromatic carbocycles. The van der Waals surface area contributed by atoms with Crippen LogP contribution in [0.15, 0.2) is 42.5 Å². The molecule has 102 valence electrons. The first-order valence-corrected chi connectivity index (χ1v) is 6.42. The average Bonchev–Trinajstić information content (AvgIpc) is 2.45. The fraction of sp³-hybridized carbons (Fsp3) is 0.176. The van der Waals surface area contributed by atoms with Crippen molar-refractivity contribution in [1.29, 1.82) is 0 Å². The van der Waals surface area contributed by atoms with Crippen LogP contribution in [0.1, 0.15) is 27.0 Å². The van der Waals surface area contributed by atoms with E-state index >= 15 is 0 Å². The van der Waals surface area contributed by atoms with Gasteiger partial charge in [0.25, 0.3) is 0 Å². The molecule has 3 heteroatoms. The van der Waals surface area contributed by atoms with E-state index in [1.54, 1.807) is 31.3 Å². The fourth-order valence-corrected chi connectivity index (χ4v) is 2.18. The van der Waals surface area contributed by atoms with Gasteiger partial charge in [-0.3, -0.25) is 9.59 Å². The number of carbonyl (C=O) groups excluding carboxylic acids is 2. The molecule has 0 radical (unpaired) electrons. The minimum absolute atomic E-state index is 0.00268. The van der Waals surface area contributed by atoms with E-state index in [1.165, 1.54) is 4.90 Å². The van der Waals surface area contributed by atoms with E-state index in [-0.39, 0.29) is 5.78 Å². The molecule has 0 atom stereocenters. The summed E-state index contributed by atoms with van der Waals surface area (Å²) in [5.41, 5.74) is 4.23. The van der Waals surface area contributed by atoms with Crippen LogP contribution >= 0.6 is 0 Å². The number of amides is 1. The molecule has 0 aliphatic heterocycles. The highest BCUT2D eigenvalue weighted by molar-refractivity contribution is 6.09. The van der Waals surface area contributed by atoms with Crippen molar-refractivity contribution >= 4 is 17.9 Å². The first-order valence-electron chi connectivity index (χ1n) is 6.42. The van der Waals surface area contributed by atoms with Gasteiger partial charge in [-0.15, -0.1) is 0 Å². The Bertz CT molecular complexity index is 624. The third-order valence-corrected chi connectivity index (χ3v) is 3.18. The summed E-state index contributed by atoms with van der Waals surface area (Å²) in [5.74, 6) is -0.00268. The fourth-order valence-electron chi connectivity index (χ4n) is 2.18. The van der Waals surface area contributed by atoms with Gasteiger partial charge in [0, 0.05) is 23.9 Å². The van der Waals surface area contributed by atoms with Crippen molar-refractivity contribution in [2.45, 2.75) is 13.8 Å². The van der Waals surface area contributed by atoms with Crippen molar-refractivity contribution in [2.24, 2.45) is 0 Å². The highest BCUT2D eigenvalue weighted by atomic mass is 16.1. The van der Waals surface area contributed by atoms with Crippen LogP contribution in [0.3, 0.4) is 0 Å². The summed E-state index contributed by atoms with van der Waals surface area (Å²) < 4.78 is 0. The Balaban J connectivity index is 2.31.